The van der Waals surface area contributed by atoms with Crippen LogP contribution >= 0.6 is 11.6 Å². The summed E-state index contributed by atoms with van der Waals surface area (Å²) in [4.78, 5) is 12.5. The van der Waals surface area contributed by atoms with Crippen LogP contribution in [0.5, 0.6) is 11.6 Å². The van der Waals surface area contributed by atoms with Crippen molar-refractivity contribution < 1.29 is 9.84 Å². The smallest absolute Gasteiger partial charge is 0.281 e. The minimum absolute atomic E-state index is 0.0304. The Morgan fingerprint density at radius 1 is 1.48 bits per heavy atom. The van der Waals surface area contributed by atoms with Gasteiger partial charge in [-0.1, -0.05) is 17.7 Å². The van der Waals surface area contributed by atoms with Crippen molar-refractivity contribution in [2.75, 3.05) is 7.11 Å². The topological polar surface area (TPSA) is 100.0 Å². The molecule has 0 aliphatic rings. The van der Waals surface area contributed by atoms with E-state index in [1.165, 1.54) is 26.2 Å². The Balaban J connectivity index is 2.66. The number of nitriles is 1. The molecule has 2 rings (SSSR count). The fraction of sp³-hybridized carbons (Fsp3) is 0.176. The van der Waals surface area contributed by atoms with Crippen LogP contribution in [0, 0.1) is 18.3 Å². The Kier molecular flexibility index (Phi) is 5.57. The van der Waals surface area contributed by atoms with Crippen molar-refractivity contribution in [2.45, 2.75) is 13.5 Å². The van der Waals surface area contributed by atoms with Crippen LogP contribution in [0.3, 0.4) is 0 Å². The predicted octanol–water partition coefficient (Wildman–Crippen LogP) is 4.00. The van der Waals surface area contributed by atoms with Crippen molar-refractivity contribution in [3.63, 3.8) is 0 Å². The van der Waals surface area contributed by atoms with Gasteiger partial charge in [-0.05, 0) is 25.1 Å². The molecule has 8 heteroatoms. The van der Waals surface area contributed by atoms with E-state index < -0.39 is 11.4 Å². The van der Waals surface area contributed by atoms with E-state index in [0.717, 1.165) is 4.57 Å². The molecular formula is C17H15ClN4O3. The van der Waals surface area contributed by atoms with Crippen LogP contribution in [0.25, 0.3) is 0 Å². The number of hydrogen-bond acceptors (Lipinski definition) is 6. The van der Waals surface area contributed by atoms with Gasteiger partial charge in [-0.25, -0.2) is 0 Å². The summed E-state index contributed by atoms with van der Waals surface area (Å²) in [6.45, 7) is 5.08. The molecule has 0 aliphatic heterocycles. The van der Waals surface area contributed by atoms with Crippen molar-refractivity contribution in [1.82, 2.24) is 4.57 Å². The molecule has 1 aromatic heterocycles. The number of ether oxygens (including phenoxy) is 1. The molecule has 2 aromatic rings. The van der Waals surface area contributed by atoms with Crippen molar-refractivity contribution in [2.24, 2.45) is 10.2 Å². The molecule has 0 unspecified atom stereocenters. The van der Waals surface area contributed by atoms with Crippen molar-refractivity contribution in [3.8, 4) is 17.7 Å². The molecule has 1 heterocycles. The van der Waals surface area contributed by atoms with Gasteiger partial charge in [0.15, 0.2) is 5.69 Å². The largest absolute Gasteiger partial charge is 0.494 e. The van der Waals surface area contributed by atoms with Crippen LogP contribution in [0.1, 0.15) is 11.1 Å². The average Bonchev–Trinajstić information content (AvgIpc) is 2.59. The molecule has 128 valence electrons. The molecule has 0 atom stereocenters. The van der Waals surface area contributed by atoms with Crippen molar-refractivity contribution >= 4 is 23.0 Å². The van der Waals surface area contributed by atoms with Crippen LogP contribution < -0.4 is 10.3 Å². The average molecular weight is 359 g/mol. The van der Waals surface area contributed by atoms with Crippen LogP contribution in [0.4, 0.5) is 11.4 Å². The first-order chi connectivity index (χ1) is 11.9. The number of rotatable bonds is 5. The summed E-state index contributed by atoms with van der Waals surface area (Å²) in [5.74, 6) is 0.000640. The first kappa shape index (κ1) is 18.2. The Bertz CT molecular complexity index is 958. The number of hydrogen-bond donors (Lipinski definition) is 1. The maximum Gasteiger partial charge on any atom is 0.281 e. The Morgan fingerprint density at radius 3 is 2.80 bits per heavy atom. The van der Waals surface area contributed by atoms with Crippen LogP contribution in [0.2, 0.25) is 5.02 Å². The van der Waals surface area contributed by atoms with E-state index in [4.69, 9.17) is 16.3 Å². The summed E-state index contributed by atoms with van der Waals surface area (Å²) in [5.41, 5.74) is -0.129. The molecule has 0 spiro atoms. The highest BCUT2D eigenvalue weighted by Crippen LogP contribution is 2.32. The van der Waals surface area contributed by atoms with Gasteiger partial charge >= 0.3 is 0 Å². The minimum atomic E-state index is -0.585. The van der Waals surface area contributed by atoms with E-state index in [2.05, 4.69) is 16.8 Å². The number of aromatic nitrogens is 1. The summed E-state index contributed by atoms with van der Waals surface area (Å²) in [7, 11) is 1.47. The van der Waals surface area contributed by atoms with Crippen LogP contribution in [-0.4, -0.2) is 16.8 Å². The van der Waals surface area contributed by atoms with Gasteiger partial charge < -0.3 is 9.84 Å². The normalized spacial score (nSPS) is 10.6. The lowest BCUT2D eigenvalue weighted by molar-refractivity contribution is 0.413. The Hall–Kier alpha value is -3.11. The van der Waals surface area contributed by atoms with Crippen molar-refractivity contribution in [3.05, 3.63) is 57.4 Å². The summed E-state index contributed by atoms with van der Waals surface area (Å²) >= 11 is 5.94. The second-order valence-corrected chi connectivity index (χ2v) is 5.44. The van der Waals surface area contributed by atoms with E-state index in [1.807, 2.05) is 6.07 Å². The molecule has 0 bridgehead atoms. The monoisotopic (exact) mass is 358 g/mol. The van der Waals surface area contributed by atoms with Gasteiger partial charge in [0, 0.05) is 17.1 Å². The van der Waals surface area contributed by atoms with Gasteiger partial charge in [0.25, 0.3) is 5.56 Å². The molecule has 0 radical (unpaired) electrons. The molecule has 0 aliphatic carbocycles. The van der Waals surface area contributed by atoms with E-state index in [0.29, 0.717) is 16.5 Å². The third-order valence-corrected chi connectivity index (χ3v) is 3.71. The second-order valence-electron chi connectivity index (χ2n) is 5.00. The molecular weight excluding hydrogens is 344 g/mol. The third kappa shape index (κ3) is 3.54. The summed E-state index contributed by atoms with van der Waals surface area (Å²) < 4.78 is 6.18. The van der Waals surface area contributed by atoms with E-state index in [1.54, 1.807) is 12.1 Å². The Labute approximate surface area is 149 Å². The zero-order chi connectivity index (χ0) is 18.6. The first-order valence-electron chi connectivity index (χ1n) is 7.17. The quantitative estimate of drug-likeness (QED) is 0.644. The number of aromatic hydroxyl groups is 1. The maximum absolute atomic E-state index is 12.5. The molecule has 1 N–H and O–H groups in total. The number of benzene rings is 1. The van der Waals surface area contributed by atoms with Gasteiger partial charge in [-0.3, -0.25) is 9.36 Å². The number of azo groups is 1. The molecule has 0 fully saturated rings. The lowest BCUT2D eigenvalue weighted by Crippen LogP contribution is -2.21. The van der Waals surface area contributed by atoms with Gasteiger partial charge in [-0.2, -0.15) is 5.26 Å². The molecule has 7 nitrogen and oxygen atoms in total. The molecule has 0 saturated heterocycles. The number of methoxy groups -OCH3 is 1. The SMILES string of the molecule is C=CCn1c(O)c(C#N)c(C)c(N=Nc2cc(Cl)ccc2OC)c1=O. The van der Waals surface area contributed by atoms with E-state index in [-0.39, 0.29) is 23.4 Å². The summed E-state index contributed by atoms with van der Waals surface area (Å²) in [5, 5.41) is 27.8. The lowest BCUT2D eigenvalue weighted by atomic mass is 10.1. The van der Waals surface area contributed by atoms with Crippen LogP contribution in [0.15, 0.2) is 45.9 Å². The first-order valence-corrected chi connectivity index (χ1v) is 7.55. The van der Waals surface area contributed by atoms with Gasteiger partial charge in [-0.15, -0.1) is 16.8 Å². The maximum atomic E-state index is 12.5. The highest BCUT2D eigenvalue weighted by molar-refractivity contribution is 6.30. The molecule has 1 aromatic carbocycles. The summed E-state index contributed by atoms with van der Waals surface area (Å²) in [6, 6.07) is 6.66. The number of nitrogens with zero attached hydrogens (tertiary/aromatic N) is 4. The lowest BCUT2D eigenvalue weighted by Gasteiger charge is -2.11. The summed E-state index contributed by atoms with van der Waals surface area (Å²) in [6.07, 6.45) is 1.43. The van der Waals surface area contributed by atoms with E-state index in [9.17, 15) is 15.2 Å². The fourth-order valence-corrected chi connectivity index (χ4v) is 2.37. The van der Waals surface area contributed by atoms with E-state index >= 15 is 0 Å². The van der Waals surface area contributed by atoms with Gasteiger partial charge in [0.2, 0.25) is 5.88 Å². The van der Waals surface area contributed by atoms with Gasteiger partial charge in [0.05, 0.1) is 7.11 Å². The zero-order valence-corrected chi connectivity index (χ0v) is 14.4. The third-order valence-electron chi connectivity index (χ3n) is 3.48. The highest BCUT2D eigenvalue weighted by Gasteiger charge is 2.18. The number of halogens is 1. The standard InChI is InChI=1S/C17H15ClN4O3/c1-4-7-22-16(23)12(9-19)10(2)15(17(22)24)21-20-13-8-11(18)5-6-14(13)25-3/h4-6,8,23H,1,7H2,2-3H3. The molecule has 0 amide bonds. The fourth-order valence-electron chi connectivity index (χ4n) is 2.20. The second kappa shape index (κ2) is 7.64. The highest BCUT2D eigenvalue weighted by atomic mass is 35.5. The molecule has 0 saturated carbocycles. The minimum Gasteiger partial charge on any atom is -0.494 e. The number of allylic oxidation sites excluding steroid dienone is 1. The Morgan fingerprint density at radius 2 is 2.20 bits per heavy atom. The number of pyridine rings is 1. The molecule has 25 heavy (non-hydrogen) atoms. The zero-order valence-electron chi connectivity index (χ0n) is 13.7. The van der Waals surface area contributed by atoms with Crippen molar-refractivity contribution in [1.29, 1.82) is 5.26 Å². The van der Waals surface area contributed by atoms with Gasteiger partial charge in [0.1, 0.15) is 23.1 Å². The predicted molar refractivity (Wildman–Crippen MR) is 94.2 cm³/mol. The van der Waals surface area contributed by atoms with Crippen LogP contribution in [-0.2, 0) is 6.54 Å².